The fourth-order valence-corrected chi connectivity index (χ4v) is 1.91. The van der Waals surface area contributed by atoms with E-state index < -0.39 is 5.97 Å². The van der Waals surface area contributed by atoms with Crippen LogP contribution < -0.4 is 10.5 Å². The van der Waals surface area contributed by atoms with Crippen molar-refractivity contribution in [2.75, 3.05) is 12.8 Å². The summed E-state index contributed by atoms with van der Waals surface area (Å²) in [6.45, 7) is 0. The predicted molar refractivity (Wildman–Crippen MR) is 76.5 cm³/mol. The molecule has 7 heteroatoms. The van der Waals surface area contributed by atoms with Crippen LogP contribution >= 0.6 is 23.2 Å². The number of nitrogens with zero attached hydrogens (tertiary/aromatic N) is 1. The lowest BCUT2D eigenvalue weighted by Gasteiger charge is -2.12. The number of nitrogens with two attached hydrogens (primary N) is 1. The Labute approximate surface area is 125 Å². The molecule has 1 aromatic heterocycles. The number of methoxy groups -OCH3 is 1. The average Bonchev–Trinajstić information content (AvgIpc) is 2.43. The lowest BCUT2D eigenvalue weighted by atomic mass is 10.2. The molecule has 0 spiro atoms. The number of hydrogen-bond donors (Lipinski definition) is 1. The van der Waals surface area contributed by atoms with E-state index >= 15 is 0 Å². The van der Waals surface area contributed by atoms with Crippen LogP contribution in [0.1, 0.15) is 10.4 Å². The third kappa shape index (κ3) is 2.79. The van der Waals surface area contributed by atoms with Crippen LogP contribution in [0.25, 0.3) is 0 Å². The maximum absolute atomic E-state index is 11.7. The van der Waals surface area contributed by atoms with Crippen LogP contribution in [0.4, 0.5) is 5.69 Å². The number of anilines is 1. The van der Waals surface area contributed by atoms with E-state index in [1.165, 1.54) is 19.5 Å². The highest BCUT2D eigenvalue weighted by Crippen LogP contribution is 2.35. The number of halogens is 2. The van der Waals surface area contributed by atoms with E-state index in [9.17, 15) is 4.79 Å². The summed E-state index contributed by atoms with van der Waals surface area (Å²) >= 11 is 11.8. The van der Waals surface area contributed by atoms with Crippen LogP contribution in [0.5, 0.6) is 11.5 Å². The molecule has 1 heterocycles. The van der Waals surface area contributed by atoms with Crippen LogP contribution in [0.15, 0.2) is 30.6 Å². The molecular formula is C13H10Cl2N2O3. The maximum Gasteiger partial charge on any atom is 0.343 e. The molecule has 0 aliphatic heterocycles. The smallest absolute Gasteiger partial charge is 0.343 e. The normalized spacial score (nSPS) is 10.2. The zero-order chi connectivity index (χ0) is 14.7. The molecule has 5 nitrogen and oxygen atoms in total. The van der Waals surface area contributed by atoms with Crippen molar-refractivity contribution in [2.24, 2.45) is 0 Å². The summed E-state index contributed by atoms with van der Waals surface area (Å²) in [5.74, 6) is -0.177. The van der Waals surface area contributed by atoms with Gasteiger partial charge in [-0.2, -0.15) is 0 Å². The molecule has 0 unspecified atom stereocenters. The summed E-state index contributed by atoms with van der Waals surface area (Å²) in [6, 6.07) is 4.76. The van der Waals surface area contributed by atoms with Gasteiger partial charge in [0.2, 0.25) is 0 Å². The minimum Gasteiger partial charge on any atom is -0.465 e. The van der Waals surface area contributed by atoms with Gasteiger partial charge in [0.05, 0.1) is 29.0 Å². The molecule has 0 saturated heterocycles. The number of hydrogen-bond acceptors (Lipinski definition) is 5. The van der Waals surface area contributed by atoms with Gasteiger partial charge in [0, 0.05) is 6.20 Å². The van der Waals surface area contributed by atoms with Gasteiger partial charge in [-0.15, -0.1) is 0 Å². The number of ether oxygens (including phenoxy) is 2. The summed E-state index contributed by atoms with van der Waals surface area (Å²) in [6.07, 6.45) is 2.78. The number of carbonyl (C=O) groups excluding carboxylic acids is 1. The summed E-state index contributed by atoms with van der Waals surface area (Å²) in [5.41, 5.74) is 6.11. The van der Waals surface area contributed by atoms with E-state index in [1.807, 2.05) is 0 Å². The van der Waals surface area contributed by atoms with Crippen molar-refractivity contribution >= 4 is 34.9 Å². The molecular weight excluding hydrogens is 303 g/mol. The highest BCUT2D eigenvalue weighted by atomic mass is 35.5. The molecule has 20 heavy (non-hydrogen) atoms. The molecule has 0 aliphatic rings. The first-order chi connectivity index (χ1) is 9.54. The van der Waals surface area contributed by atoms with Gasteiger partial charge in [0.25, 0.3) is 0 Å². The maximum atomic E-state index is 11.7. The SMILES string of the molecule is COC(=O)c1c(Cl)cccc1Oc1cncc(Cl)c1N. The van der Waals surface area contributed by atoms with E-state index in [2.05, 4.69) is 9.72 Å². The molecule has 0 fully saturated rings. The topological polar surface area (TPSA) is 74.4 Å². The van der Waals surface area contributed by atoms with E-state index in [4.69, 9.17) is 33.7 Å². The molecule has 0 atom stereocenters. The third-order valence-corrected chi connectivity index (χ3v) is 3.10. The first-order valence-corrected chi connectivity index (χ1v) is 6.24. The van der Waals surface area contributed by atoms with Gasteiger partial charge >= 0.3 is 5.97 Å². The van der Waals surface area contributed by atoms with Crippen molar-refractivity contribution in [1.29, 1.82) is 0 Å². The minimum atomic E-state index is -0.612. The number of pyridine rings is 1. The molecule has 0 saturated carbocycles. The monoisotopic (exact) mass is 312 g/mol. The standard InChI is InChI=1S/C13H10Cl2N2O3/c1-19-13(18)11-7(14)3-2-4-9(11)20-10-6-17-5-8(15)12(10)16/h2-6H,1H3,(H2,16,17). The van der Waals surface area contributed by atoms with Gasteiger partial charge in [0.1, 0.15) is 11.3 Å². The fourth-order valence-electron chi connectivity index (χ4n) is 1.52. The van der Waals surface area contributed by atoms with Crippen molar-refractivity contribution in [3.05, 3.63) is 46.2 Å². The van der Waals surface area contributed by atoms with Crippen LogP contribution in [-0.4, -0.2) is 18.1 Å². The summed E-state index contributed by atoms with van der Waals surface area (Å²) in [5, 5.41) is 0.465. The summed E-state index contributed by atoms with van der Waals surface area (Å²) < 4.78 is 10.2. The highest BCUT2D eigenvalue weighted by Gasteiger charge is 2.19. The summed E-state index contributed by atoms with van der Waals surface area (Å²) in [7, 11) is 1.25. The second-order valence-corrected chi connectivity index (χ2v) is 4.55. The van der Waals surface area contributed by atoms with Gasteiger partial charge in [-0.3, -0.25) is 4.98 Å². The van der Waals surface area contributed by atoms with Crippen molar-refractivity contribution in [1.82, 2.24) is 4.98 Å². The zero-order valence-electron chi connectivity index (χ0n) is 10.4. The number of nitrogen functional groups attached to an aromatic ring is 1. The molecule has 0 radical (unpaired) electrons. The number of carbonyl (C=O) groups is 1. The van der Waals surface area contributed by atoms with Crippen LogP contribution in [-0.2, 0) is 4.74 Å². The predicted octanol–water partition coefficient (Wildman–Crippen LogP) is 3.55. The lowest BCUT2D eigenvalue weighted by Crippen LogP contribution is -2.05. The largest absolute Gasteiger partial charge is 0.465 e. The van der Waals surface area contributed by atoms with Crippen molar-refractivity contribution in [3.8, 4) is 11.5 Å². The van der Waals surface area contributed by atoms with Crippen LogP contribution in [0.2, 0.25) is 10.0 Å². The van der Waals surface area contributed by atoms with Gasteiger partial charge in [-0.05, 0) is 12.1 Å². The molecule has 0 amide bonds. The molecule has 1 aromatic carbocycles. The van der Waals surface area contributed by atoms with Gasteiger partial charge in [0.15, 0.2) is 5.75 Å². The van der Waals surface area contributed by atoms with Crippen molar-refractivity contribution < 1.29 is 14.3 Å². The van der Waals surface area contributed by atoms with Crippen LogP contribution in [0, 0.1) is 0 Å². The minimum absolute atomic E-state index is 0.107. The van der Waals surface area contributed by atoms with E-state index in [0.717, 1.165) is 0 Å². The first kappa shape index (κ1) is 14.4. The average molecular weight is 313 g/mol. The molecule has 104 valence electrons. The van der Waals surface area contributed by atoms with Crippen LogP contribution in [0.3, 0.4) is 0 Å². The van der Waals surface area contributed by atoms with Gasteiger partial charge in [-0.1, -0.05) is 29.3 Å². The number of rotatable bonds is 3. The Hall–Kier alpha value is -1.98. The molecule has 2 rings (SSSR count). The fraction of sp³-hybridized carbons (Fsp3) is 0.0769. The lowest BCUT2D eigenvalue weighted by molar-refractivity contribution is 0.0598. The van der Waals surface area contributed by atoms with Gasteiger partial charge in [-0.25, -0.2) is 4.79 Å². The molecule has 0 bridgehead atoms. The van der Waals surface area contributed by atoms with E-state index in [-0.39, 0.29) is 32.8 Å². The number of aromatic nitrogens is 1. The second-order valence-electron chi connectivity index (χ2n) is 3.74. The Morgan fingerprint density at radius 3 is 2.65 bits per heavy atom. The Bertz CT molecular complexity index is 662. The molecule has 2 aromatic rings. The molecule has 0 aliphatic carbocycles. The highest BCUT2D eigenvalue weighted by molar-refractivity contribution is 6.34. The number of esters is 1. The van der Waals surface area contributed by atoms with Crippen molar-refractivity contribution in [3.63, 3.8) is 0 Å². The quantitative estimate of drug-likeness (QED) is 0.877. The second kappa shape index (κ2) is 5.98. The zero-order valence-corrected chi connectivity index (χ0v) is 11.9. The Morgan fingerprint density at radius 2 is 1.95 bits per heavy atom. The number of benzene rings is 1. The van der Waals surface area contributed by atoms with Crippen molar-refractivity contribution in [2.45, 2.75) is 0 Å². The Balaban J connectivity index is 2.46. The van der Waals surface area contributed by atoms with Gasteiger partial charge < -0.3 is 15.2 Å². The van der Waals surface area contributed by atoms with E-state index in [1.54, 1.807) is 18.2 Å². The Morgan fingerprint density at radius 1 is 1.20 bits per heavy atom. The van der Waals surface area contributed by atoms with E-state index in [0.29, 0.717) is 0 Å². The Kier molecular flexibility index (Phi) is 4.32. The molecule has 2 N–H and O–H groups in total. The third-order valence-electron chi connectivity index (χ3n) is 2.49. The first-order valence-electron chi connectivity index (χ1n) is 5.48. The summed E-state index contributed by atoms with van der Waals surface area (Å²) in [4.78, 5) is 15.6.